The van der Waals surface area contributed by atoms with Crippen LogP contribution in [0.5, 0.6) is 0 Å². The van der Waals surface area contributed by atoms with Crippen LogP contribution in [0.3, 0.4) is 0 Å². The van der Waals surface area contributed by atoms with Crippen LogP contribution in [0.25, 0.3) is 0 Å². The van der Waals surface area contributed by atoms with Gasteiger partial charge in [0.1, 0.15) is 0 Å². The number of carboxylic acid groups (broad SMARTS) is 1. The summed E-state index contributed by atoms with van der Waals surface area (Å²) in [6, 6.07) is 1.96. The zero-order valence-corrected chi connectivity index (χ0v) is 7.66. The second kappa shape index (κ2) is 4.07. The van der Waals surface area contributed by atoms with Gasteiger partial charge in [-0.05, 0) is 20.9 Å². The summed E-state index contributed by atoms with van der Waals surface area (Å²) in [5.74, 6) is -0.840. The molecule has 0 rings (SSSR count). The molecule has 12 heavy (non-hydrogen) atoms. The summed E-state index contributed by atoms with van der Waals surface area (Å²) in [6.45, 7) is 3.93. The molecule has 0 aromatic heterocycles. The van der Waals surface area contributed by atoms with Crippen LogP contribution in [0.1, 0.15) is 13.8 Å². The number of carboxylic acids is 1. The number of rotatable bonds is 4. The molecule has 0 amide bonds. The second-order valence-corrected chi connectivity index (χ2v) is 3.52. The standard InChI is InChI=1S/C8H14N2O2/c1-8(2,7(11)12)6-10(3)5-4-9/h5-6H2,1-3H3,(H,11,12). The predicted octanol–water partition coefficient (Wildman–Crippen LogP) is 0.553. The fourth-order valence-electron chi connectivity index (χ4n) is 0.919. The Morgan fingerprint density at radius 1 is 1.67 bits per heavy atom. The third kappa shape index (κ3) is 3.35. The van der Waals surface area contributed by atoms with E-state index in [1.165, 1.54) is 0 Å². The van der Waals surface area contributed by atoms with Crippen LogP contribution in [-0.2, 0) is 4.79 Å². The van der Waals surface area contributed by atoms with Crippen LogP contribution >= 0.6 is 0 Å². The van der Waals surface area contributed by atoms with E-state index in [0.29, 0.717) is 6.54 Å². The van der Waals surface area contributed by atoms with Crippen LogP contribution in [0, 0.1) is 16.7 Å². The highest BCUT2D eigenvalue weighted by atomic mass is 16.4. The fourth-order valence-corrected chi connectivity index (χ4v) is 0.919. The lowest BCUT2D eigenvalue weighted by atomic mass is 9.93. The molecule has 0 atom stereocenters. The molecule has 0 radical (unpaired) electrons. The van der Waals surface area contributed by atoms with E-state index in [0.717, 1.165) is 0 Å². The quantitative estimate of drug-likeness (QED) is 0.626. The molecule has 0 aromatic rings. The molecule has 0 saturated heterocycles. The summed E-state index contributed by atoms with van der Waals surface area (Å²) in [5, 5.41) is 17.1. The van der Waals surface area contributed by atoms with E-state index in [-0.39, 0.29) is 6.54 Å². The van der Waals surface area contributed by atoms with Crippen molar-refractivity contribution < 1.29 is 9.90 Å². The Bertz CT molecular complexity index is 206. The zero-order valence-electron chi connectivity index (χ0n) is 7.66. The predicted molar refractivity (Wildman–Crippen MR) is 44.5 cm³/mol. The van der Waals surface area contributed by atoms with E-state index < -0.39 is 11.4 Å². The average Bonchev–Trinajstić information content (AvgIpc) is 1.85. The van der Waals surface area contributed by atoms with Gasteiger partial charge in [0.15, 0.2) is 0 Å². The molecule has 4 heteroatoms. The van der Waals surface area contributed by atoms with Gasteiger partial charge in [0.05, 0.1) is 18.0 Å². The van der Waals surface area contributed by atoms with Crippen molar-refractivity contribution in [1.29, 1.82) is 5.26 Å². The lowest BCUT2D eigenvalue weighted by Crippen LogP contribution is -2.37. The number of aliphatic carboxylic acids is 1. The molecule has 4 nitrogen and oxygen atoms in total. The minimum Gasteiger partial charge on any atom is -0.481 e. The summed E-state index contributed by atoms with van der Waals surface area (Å²) < 4.78 is 0. The Kier molecular flexibility index (Phi) is 3.71. The Morgan fingerprint density at radius 2 is 2.17 bits per heavy atom. The van der Waals surface area contributed by atoms with E-state index in [1.54, 1.807) is 25.8 Å². The van der Waals surface area contributed by atoms with Gasteiger partial charge in [-0.3, -0.25) is 9.69 Å². The van der Waals surface area contributed by atoms with Crippen molar-refractivity contribution >= 4 is 5.97 Å². The smallest absolute Gasteiger partial charge is 0.310 e. The molecule has 0 saturated carbocycles. The molecule has 0 aliphatic rings. The third-order valence-corrected chi connectivity index (χ3v) is 1.58. The van der Waals surface area contributed by atoms with E-state index in [1.807, 2.05) is 6.07 Å². The monoisotopic (exact) mass is 170 g/mol. The van der Waals surface area contributed by atoms with Crippen LogP contribution < -0.4 is 0 Å². The van der Waals surface area contributed by atoms with Gasteiger partial charge in [-0.2, -0.15) is 5.26 Å². The first-order chi connectivity index (χ1) is 5.40. The molecule has 0 aliphatic heterocycles. The van der Waals surface area contributed by atoms with Crippen molar-refractivity contribution in [1.82, 2.24) is 4.90 Å². The lowest BCUT2D eigenvalue weighted by Gasteiger charge is -2.24. The summed E-state index contributed by atoms with van der Waals surface area (Å²) in [6.07, 6.45) is 0. The van der Waals surface area contributed by atoms with E-state index in [2.05, 4.69) is 0 Å². The van der Waals surface area contributed by atoms with E-state index in [9.17, 15) is 4.79 Å². The van der Waals surface area contributed by atoms with Gasteiger partial charge in [0, 0.05) is 6.54 Å². The number of carbonyl (C=O) groups is 1. The van der Waals surface area contributed by atoms with Crippen LogP contribution in [0.2, 0.25) is 0 Å². The maximum atomic E-state index is 10.7. The Labute approximate surface area is 72.4 Å². The number of hydrogen-bond acceptors (Lipinski definition) is 3. The maximum Gasteiger partial charge on any atom is 0.310 e. The topological polar surface area (TPSA) is 64.3 Å². The fraction of sp³-hybridized carbons (Fsp3) is 0.750. The first kappa shape index (κ1) is 10.9. The van der Waals surface area contributed by atoms with E-state index >= 15 is 0 Å². The minimum atomic E-state index is -0.840. The van der Waals surface area contributed by atoms with Gasteiger partial charge in [0.2, 0.25) is 0 Å². The van der Waals surface area contributed by atoms with Gasteiger partial charge in [0.25, 0.3) is 0 Å². The highest BCUT2D eigenvalue weighted by molar-refractivity contribution is 5.73. The molecule has 1 N–H and O–H groups in total. The Hall–Kier alpha value is -1.08. The summed E-state index contributed by atoms with van der Waals surface area (Å²) in [5.41, 5.74) is -0.786. The Balaban J connectivity index is 4.07. The molecular formula is C8H14N2O2. The van der Waals surface area contributed by atoms with Crippen molar-refractivity contribution in [3.63, 3.8) is 0 Å². The van der Waals surface area contributed by atoms with Crippen molar-refractivity contribution in [2.45, 2.75) is 13.8 Å². The van der Waals surface area contributed by atoms with Crippen molar-refractivity contribution in [2.75, 3.05) is 20.1 Å². The number of nitriles is 1. The molecule has 0 fully saturated rings. The molecule has 0 aliphatic carbocycles. The Morgan fingerprint density at radius 3 is 2.50 bits per heavy atom. The molecule has 0 bridgehead atoms. The molecule has 68 valence electrons. The lowest BCUT2D eigenvalue weighted by molar-refractivity contribution is -0.147. The maximum absolute atomic E-state index is 10.7. The summed E-state index contributed by atoms with van der Waals surface area (Å²) >= 11 is 0. The van der Waals surface area contributed by atoms with Gasteiger partial charge in [-0.15, -0.1) is 0 Å². The first-order valence-electron chi connectivity index (χ1n) is 3.69. The largest absolute Gasteiger partial charge is 0.481 e. The molecular weight excluding hydrogens is 156 g/mol. The van der Waals surface area contributed by atoms with Crippen LogP contribution in [0.4, 0.5) is 0 Å². The van der Waals surface area contributed by atoms with Gasteiger partial charge >= 0.3 is 5.97 Å². The molecule has 0 aromatic carbocycles. The SMILES string of the molecule is CN(CC#N)CC(C)(C)C(=O)O. The van der Waals surface area contributed by atoms with Gasteiger partial charge in [-0.1, -0.05) is 0 Å². The molecule has 0 heterocycles. The number of nitrogens with zero attached hydrogens (tertiary/aromatic N) is 2. The minimum absolute atomic E-state index is 0.261. The highest BCUT2D eigenvalue weighted by Gasteiger charge is 2.28. The first-order valence-corrected chi connectivity index (χ1v) is 3.69. The third-order valence-electron chi connectivity index (χ3n) is 1.58. The zero-order chi connectivity index (χ0) is 9.78. The molecule has 0 unspecified atom stereocenters. The summed E-state index contributed by atoms with van der Waals surface area (Å²) in [7, 11) is 1.73. The molecule has 0 spiro atoms. The number of hydrogen-bond donors (Lipinski definition) is 1. The average molecular weight is 170 g/mol. The highest BCUT2D eigenvalue weighted by Crippen LogP contribution is 2.15. The van der Waals surface area contributed by atoms with Crippen LogP contribution in [0.15, 0.2) is 0 Å². The van der Waals surface area contributed by atoms with Gasteiger partial charge < -0.3 is 5.11 Å². The van der Waals surface area contributed by atoms with Crippen molar-refractivity contribution in [2.24, 2.45) is 5.41 Å². The second-order valence-electron chi connectivity index (χ2n) is 3.52. The normalized spacial score (nSPS) is 11.2. The summed E-state index contributed by atoms with van der Waals surface area (Å²) in [4.78, 5) is 12.3. The van der Waals surface area contributed by atoms with Crippen molar-refractivity contribution in [3.05, 3.63) is 0 Å². The van der Waals surface area contributed by atoms with E-state index in [4.69, 9.17) is 10.4 Å². The van der Waals surface area contributed by atoms with Crippen molar-refractivity contribution in [3.8, 4) is 6.07 Å². The van der Waals surface area contributed by atoms with Crippen LogP contribution in [-0.4, -0.2) is 36.1 Å². The van der Waals surface area contributed by atoms with Gasteiger partial charge in [-0.25, -0.2) is 0 Å².